The summed E-state index contributed by atoms with van der Waals surface area (Å²) < 4.78 is 4.40. The van der Waals surface area contributed by atoms with Crippen LogP contribution in [0.3, 0.4) is 0 Å². The predicted molar refractivity (Wildman–Crippen MR) is 111 cm³/mol. The first-order valence-corrected chi connectivity index (χ1v) is 9.15. The zero-order valence-corrected chi connectivity index (χ0v) is 17.4. The standard InChI is InChI=1S/C24H20N3.BrH/c1-17-16-22(27-15-9-8-13-20(17)27)25-23-19-12-6-7-14-21(19)26(2)24(23)18-10-4-3-5-11-18;/h3-16H,1-2H3;1H/q+1;/p-1. The fourth-order valence-electron chi connectivity index (χ4n) is 3.91. The number of allylic oxidation sites excluding steroid dienone is 2. The van der Waals surface area contributed by atoms with E-state index < -0.39 is 0 Å². The maximum Gasteiger partial charge on any atom is 0.329 e. The van der Waals surface area contributed by atoms with Crippen LogP contribution in [-0.2, 0) is 7.05 Å². The van der Waals surface area contributed by atoms with Gasteiger partial charge >= 0.3 is 5.84 Å². The van der Waals surface area contributed by atoms with E-state index in [0.717, 1.165) is 17.2 Å². The third-order valence-electron chi connectivity index (χ3n) is 5.21. The Labute approximate surface area is 175 Å². The number of benzene rings is 2. The number of hydrogen-bond acceptors (Lipinski definition) is 1. The van der Waals surface area contributed by atoms with Crippen LogP contribution < -0.4 is 21.5 Å². The third kappa shape index (κ3) is 2.81. The molecule has 4 heteroatoms. The Morgan fingerprint density at radius 1 is 0.857 bits per heavy atom. The van der Waals surface area contributed by atoms with Gasteiger partial charge in [0.05, 0.1) is 17.1 Å². The Morgan fingerprint density at radius 2 is 1.57 bits per heavy atom. The van der Waals surface area contributed by atoms with Gasteiger partial charge in [0.1, 0.15) is 11.4 Å². The quantitative estimate of drug-likeness (QED) is 0.435. The van der Waals surface area contributed by atoms with Gasteiger partial charge in [-0.25, -0.2) is 0 Å². The van der Waals surface area contributed by atoms with Crippen LogP contribution in [0.25, 0.3) is 27.7 Å². The molecule has 4 aromatic rings. The largest absolute Gasteiger partial charge is 1.00 e. The average Bonchev–Trinajstić information content (AvgIpc) is 3.18. The lowest BCUT2D eigenvalue weighted by Gasteiger charge is -2.04. The maximum absolute atomic E-state index is 5.16. The first-order valence-electron chi connectivity index (χ1n) is 9.15. The van der Waals surface area contributed by atoms with Gasteiger partial charge in [-0.3, -0.25) is 0 Å². The van der Waals surface area contributed by atoms with Crippen molar-refractivity contribution in [2.75, 3.05) is 0 Å². The monoisotopic (exact) mass is 429 g/mol. The second-order valence-electron chi connectivity index (χ2n) is 6.89. The van der Waals surface area contributed by atoms with Crippen LogP contribution in [0.4, 0.5) is 5.69 Å². The summed E-state index contributed by atoms with van der Waals surface area (Å²) in [6, 6.07) is 25.2. The van der Waals surface area contributed by atoms with E-state index >= 15 is 0 Å². The van der Waals surface area contributed by atoms with Crippen LogP contribution in [0.5, 0.6) is 0 Å². The van der Waals surface area contributed by atoms with E-state index in [2.05, 4.69) is 96.0 Å². The van der Waals surface area contributed by atoms with E-state index in [9.17, 15) is 0 Å². The molecule has 0 radical (unpaired) electrons. The number of aryl methyl sites for hydroxylation is 1. The number of pyridine rings is 1. The fourth-order valence-corrected chi connectivity index (χ4v) is 3.91. The summed E-state index contributed by atoms with van der Waals surface area (Å²) in [5.41, 5.74) is 6.94. The van der Waals surface area contributed by atoms with Gasteiger partial charge in [0.25, 0.3) is 0 Å². The van der Waals surface area contributed by atoms with E-state index in [1.807, 2.05) is 12.1 Å². The number of nitrogens with zero attached hydrogens (tertiary/aromatic N) is 3. The zero-order valence-electron chi connectivity index (χ0n) is 15.8. The molecule has 0 spiro atoms. The lowest BCUT2D eigenvalue weighted by atomic mass is 10.1. The van der Waals surface area contributed by atoms with Gasteiger partial charge in [-0.1, -0.05) is 48.5 Å². The molecule has 0 bridgehead atoms. The van der Waals surface area contributed by atoms with Crippen LogP contribution in [0.15, 0.2) is 90.1 Å². The van der Waals surface area contributed by atoms with Crippen molar-refractivity contribution in [1.29, 1.82) is 0 Å². The fraction of sp³-hybridized carbons (Fsp3) is 0.0833. The Balaban J connectivity index is 0.00000192. The Bertz CT molecular complexity index is 1230. The highest BCUT2D eigenvalue weighted by atomic mass is 79.9. The molecule has 3 heterocycles. The SMILES string of the molecule is CC1=C/C(=N/c2c(-c3ccccc3)n(C)c3ccccc23)[n+]2ccccc21.[Br-]. The molecule has 0 saturated heterocycles. The normalized spacial score (nSPS) is 14.1. The summed E-state index contributed by atoms with van der Waals surface area (Å²) in [6.07, 6.45) is 4.24. The van der Waals surface area contributed by atoms with Gasteiger partial charge in [0.15, 0.2) is 0 Å². The highest BCUT2D eigenvalue weighted by Gasteiger charge is 2.27. The highest BCUT2D eigenvalue weighted by molar-refractivity contribution is 6.05. The van der Waals surface area contributed by atoms with Crippen molar-refractivity contribution in [3.63, 3.8) is 0 Å². The molecule has 1 aliphatic heterocycles. The molecule has 2 aromatic carbocycles. The number of aromatic nitrogens is 2. The first-order chi connectivity index (χ1) is 13.2. The molecule has 28 heavy (non-hydrogen) atoms. The molecular formula is C24H20BrN3. The van der Waals surface area contributed by atoms with Crippen LogP contribution in [-0.4, -0.2) is 10.4 Å². The number of rotatable bonds is 2. The molecule has 0 aliphatic carbocycles. The highest BCUT2D eigenvalue weighted by Crippen LogP contribution is 2.39. The lowest BCUT2D eigenvalue weighted by molar-refractivity contribution is -0.553. The van der Waals surface area contributed by atoms with E-state index in [1.165, 1.54) is 27.7 Å². The van der Waals surface area contributed by atoms with Gasteiger partial charge in [-0.05, 0) is 36.2 Å². The summed E-state index contributed by atoms with van der Waals surface area (Å²) in [6.45, 7) is 2.13. The molecule has 0 amide bonds. The molecule has 0 atom stereocenters. The maximum atomic E-state index is 5.16. The minimum absolute atomic E-state index is 0. The van der Waals surface area contributed by atoms with Gasteiger partial charge in [0, 0.05) is 24.3 Å². The van der Waals surface area contributed by atoms with Crippen molar-refractivity contribution in [3.8, 4) is 11.3 Å². The second-order valence-corrected chi connectivity index (χ2v) is 6.89. The minimum Gasteiger partial charge on any atom is -1.00 e. The van der Waals surface area contributed by atoms with E-state index in [4.69, 9.17) is 4.99 Å². The van der Waals surface area contributed by atoms with Crippen LogP contribution in [0.1, 0.15) is 12.6 Å². The molecule has 2 aromatic heterocycles. The van der Waals surface area contributed by atoms with Crippen LogP contribution in [0.2, 0.25) is 0 Å². The average molecular weight is 430 g/mol. The number of fused-ring (bicyclic) bond motifs is 2. The van der Waals surface area contributed by atoms with E-state index in [1.54, 1.807) is 0 Å². The summed E-state index contributed by atoms with van der Waals surface area (Å²) in [4.78, 5) is 5.16. The lowest BCUT2D eigenvalue weighted by Crippen LogP contribution is -3.00. The molecule has 1 aliphatic rings. The molecular weight excluding hydrogens is 410 g/mol. The smallest absolute Gasteiger partial charge is 0.329 e. The van der Waals surface area contributed by atoms with Crippen molar-refractivity contribution in [1.82, 2.24) is 4.57 Å². The number of hydrogen-bond donors (Lipinski definition) is 0. The van der Waals surface area contributed by atoms with Crippen molar-refractivity contribution in [3.05, 3.63) is 90.8 Å². The topological polar surface area (TPSA) is 21.2 Å². The second kappa shape index (κ2) is 7.21. The van der Waals surface area contributed by atoms with E-state index in [0.29, 0.717) is 0 Å². The number of aliphatic imine (C=N–C) groups is 1. The predicted octanol–water partition coefficient (Wildman–Crippen LogP) is 2.13. The first kappa shape index (κ1) is 18.4. The van der Waals surface area contributed by atoms with Crippen LogP contribution >= 0.6 is 0 Å². The van der Waals surface area contributed by atoms with Gasteiger partial charge in [-0.15, -0.1) is 0 Å². The number of halogens is 1. The van der Waals surface area contributed by atoms with Crippen molar-refractivity contribution in [2.24, 2.45) is 12.0 Å². The Morgan fingerprint density at radius 3 is 2.39 bits per heavy atom. The summed E-state index contributed by atoms with van der Waals surface area (Å²) in [5, 5.41) is 1.17. The third-order valence-corrected chi connectivity index (χ3v) is 5.21. The molecule has 0 saturated carbocycles. The van der Waals surface area contributed by atoms with Crippen LogP contribution in [0, 0.1) is 0 Å². The molecule has 0 unspecified atom stereocenters. The van der Waals surface area contributed by atoms with Gasteiger partial charge < -0.3 is 21.5 Å². The summed E-state index contributed by atoms with van der Waals surface area (Å²) in [7, 11) is 2.12. The Kier molecular flexibility index (Phi) is 4.73. The van der Waals surface area contributed by atoms with Gasteiger partial charge in [-0.2, -0.15) is 4.57 Å². The van der Waals surface area contributed by atoms with Crippen molar-refractivity contribution in [2.45, 2.75) is 6.92 Å². The van der Waals surface area contributed by atoms with Crippen molar-refractivity contribution < 1.29 is 21.5 Å². The summed E-state index contributed by atoms with van der Waals surface area (Å²) >= 11 is 0. The Hall–Kier alpha value is -2.98. The molecule has 138 valence electrons. The number of para-hydroxylation sites is 1. The molecule has 0 N–H and O–H groups in total. The minimum atomic E-state index is 0. The van der Waals surface area contributed by atoms with Crippen molar-refractivity contribution >= 4 is 28.0 Å². The molecule has 5 rings (SSSR count). The zero-order chi connectivity index (χ0) is 18.4. The molecule has 0 fully saturated rings. The van der Waals surface area contributed by atoms with Gasteiger partial charge in [0.2, 0.25) is 5.69 Å². The summed E-state index contributed by atoms with van der Waals surface area (Å²) in [5.74, 6) is 0.955. The molecule has 3 nitrogen and oxygen atoms in total. The van der Waals surface area contributed by atoms with E-state index in [-0.39, 0.29) is 17.0 Å².